The van der Waals surface area contributed by atoms with Gasteiger partial charge in [0.1, 0.15) is 11.6 Å². The Morgan fingerprint density at radius 1 is 1.31 bits per heavy atom. The smallest absolute Gasteiger partial charge is 0.146 e. The van der Waals surface area contributed by atoms with E-state index < -0.39 is 0 Å². The third kappa shape index (κ3) is 4.44. The van der Waals surface area contributed by atoms with Crippen LogP contribution in [0.15, 0.2) is 12.4 Å². The molecule has 5 nitrogen and oxygen atoms in total. The summed E-state index contributed by atoms with van der Waals surface area (Å²) in [5, 5.41) is 3.21. The van der Waals surface area contributed by atoms with E-state index in [4.69, 9.17) is 5.73 Å². The molecule has 5 heteroatoms. The van der Waals surface area contributed by atoms with Crippen molar-refractivity contribution >= 4 is 11.6 Å². The summed E-state index contributed by atoms with van der Waals surface area (Å²) >= 11 is 0. The fraction of sp³-hybridized carbons (Fsp3) is 0.636. The second-order valence-electron chi connectivity index (χ2n) is 3.69. The average Bonchev–Trinajstić information content (AvgIpc) is 2.28. The molecule has 0 amide bonds. The fourth-order valence-corrected chi connectivity index (χ4v) is 1.55. The molecule has 16 heavy (non-hydrogen) atoms. The molecule has 3 N–H and O–H groups in total. The zero-order valence-electron chi connectivity index (χ0n) is 10.1. The summed E-state index contributed by atoms with van der Waals surface area (Å²) in [6.07, 6.45) is 4.42. The van der Waals surface area contributed by atoms with Gasteiger partial charge in [0.05, 0.1) is 12.4 Å². The number of rotatable bonds is 7. The molecule has 0 aliphatic rings. The quantitative estimate of drug-likeness (QED) is 0.727. The van der Waals surface area contributed by atoms with E-state index in [1.165, 1.54) is 6.42 Å². The molecule has 1 rings (SSSR count). The summed E-state index contributed by atoms with van der Waals surface area (Å²) < 4.78 is 0. The molecule has 1 aromatic rings. The first-order chi connectivity index (χ1) is 7.76. The first-order valence-electron chi connectivity index (χ1n) is 5.80. The maximum absolute atomic E-state index is 5.54. The fourth-order valence-electron chi connectivity index (χ4n) is 1.55. The van der Waals surface area contributed by atoms with Gasteiger partial charge in [0.15, 0.2) is 0 Å². The lowest BCUT2D eigenvalue weighted by Crippen LogP contribution is -2.29. The van der Waals surface area contributed by atoms with E-state index in [0.717, 1.165) is 32.0 Å². The predicted molar refractivity (Wildman–Crippen MR) is 67.3 cm³/mol. The minimum absolute atomic E-state index is 0.450. The van der Waals surface area contributed by atoms with Gasteiger partial charge in [0.25, 0.3) is 0 Å². The largest absolute Gasteiger partial charge is 0.382 e. The molecule has 0 fully saturated rings. The van der Waals surface area contributed by atoms with E-state index in [9.17, 15) is 0 Å². The molecule has 0 aromatic carbocycles. The van der Waals surface area contributed by atoms with E-state index >= 15 is 0 Å². The van der Waals surface area contributed by atoms with Crippen LogP contribution in [0.3, 0.4) is 0 Å². The Morgan fingerprint density at radius 2 is 2.12 bits per heavy atom. The van der Waals surface area contributed by atoms with Crippen molar-refractivity contribution in [3.63, 3.8) is 0 Å². The minimum Gasteiger partial charge on any atom is -0.382 e. The summed E-state index contributed by atoms with van der Waals surface area (Å²) in [4.78, 5) is 10.5. The molecule has 0 aliphatic heterocycles. The van der Waals surface area contributed by atoms with Crippen molar-refractivity contribution in [2.75, 3.05) is 37.2 Å². The molecule has 0 atom stereocenters. The topological polar surface area (TPSA) is 67.1 Å². The van der Waals surface area contributed by atoms with E-state index in [2.05, 4.69) is 34.0 Å². The Morgan fingerprint density at radius 3 is 2.75 bits per heavy atom. The summed E-state index contributed by atoms with van der Waals surface area (Å²) in [7, 11) is 0. The summed E-state index contributed by atoms with van der Waals surface area (Å²) in [5.41, 5.74) is 5.54. The normalized spacial score (nSPS) is 10.7. The van der Waals surface area contributed by atoms with Gasteiger partial charge >= 0.3 is 0 Å². The van der Waals surface area contributed by atoms with E-state index in [-0.39, 0.29) is 0 Å². The molecule has 1 heterocycles. The summed E-state index contributed by atoms with van der Waals surface area (Å²) in [6.45, 7) is 8.47. The van der Waals surface area contributed by atoms with Crippen LogP contribution >= 0.6 is 0 Å². The second kappa shape index (κ2) is 7.00. The maximum Gasteiger partial charge on any atom is 0.146 e. The van der Waals surface area contributed by atoms with Crippen LogP contribution in [0.25, 0.3) is 0 Å². The Balaban J connectivity index is 2.29. The number of nitrogens with zero attached hydrogens (tertiary/aromatic N) is 3. The molecule has 0 saturated heterocycles. The monoisotopic (exact) mass is 223 g/mol. The van der Waals surface area contributed by atoms with Gasteiger partial charge in [-0.15, -0.1) is 0 Å². The number of hydrogen-bond acceptors (Lipinski definition) is 5. The molecular formula is C11H21N5. The third-order valence-corrected chi connectivity index (χ3v) is 2.37. The van der Waals surface area contributed by atoms with Gasteiger partial charge in [-0.25, -0.2) is 4.98 Å². The van der Waals surface area contributed by atoms with Crippen molar-refractivity contribution < 1.29 is 0 Å². The zero-order valence-corrected chi connectivity index (χ0v) is 10.1. The van der Waals surface area contributed by atoms with Crippen LogP contribution in [0.1, 0.15) is 20.3 Å². The molecule has 0 radical (unpaired) electrons. The highest BCUT2D eigenvalue weighted by Crippen LogP contribution is 2.02. The van der Waals surface area contributed by atoms with Crippen molar-refractivity contribution in [3.05, 3.63) is 12.4 Å². The molecule has 0 saturated carbocycles. The van der Waals surface area contributed by atoms with Crippen LogP contribution in [0.4, 0.5) is 11.6 Å². The number of likely N-dealkylation sites (N-methyl/N-ethyl adjacent to an activating group) is 1. The Bertz CT molecular complexity index is 302. The molecule has 1 aromatic heterocycles. The highest BCUT2D eigenvalue weighted by Gasteiger charge is 2.00. The van der Waals surface area contributed by atoms with E-state index in [1.807, 2.05) is 0 Å². The van der Waals surface area contributed by atoms with Gasteiger partial charge in [-0.05, 0) is 19.5 Å². The van der Waals surface area contributed by atoms with Gasteiger partial charge in [-0.3, -0.25) is 4.98 Å². The van der Waals surface area contributed by atoms with Crippen LogP contribution in [0.5, 0.6) is 0 Å². The van der Waals surface area contributed by atoms with Gasteiger partial charge in [-0.1, -0.05) is 13.8 Å². The number of nitrogen functional groups attached to an aromatic ring is 1. The van der Waals surface area contributed by atoms with Crippen LogP contribution in [-0.4, -0.2) is 41.0 Å². The van der Waals surface area contributed by atoms with Crippen molar-refractivity contribution in [2.45, 2.75) is 20.3 Å². The first kappa shape index (κ1) is 12.7. The van der Waals surface area contributed by atoms with Gasteiger partial charge < -0.3 is 16.0 Å². The average molecular weight is 223 g/mol. The SMILES string of the molecule is CCCN(CC)CCNc1cncc(N)n1. The van der Waals surface area contributed by atoms with E-state index in [0.29, 0.717) is 5.82 Å². The van der Waals surface area contributed by atoms with Crippen molar-refractivity contribution in [3.8, 4) is 0 Å². The van der Waals surface area contributed by atoms with Crippen LogP contribution in [0, 0.1) is 0 Å². The van der Waals surface area contributed by atoms with Crippen LogP contribution in [0.2, 0.25) is 0 Å². The Kier molecular flexibility index (Phi) is 5.56. The first-order valence-corrected chi connectivity index (χ1v) is 5.80. The van der Waals surface area contributed by atoms with Gasteiger partial charge in [0, 0.05) is 13.1 Å². The van der Waals surface area contributed by atoms with Crippen LogP contribution in [-0.2, 0) is 0 Å². The predicted octanol–water partition coefficient (Wildman–Crippen LogP) is 1.20. The highest BCUT2D eigenvalue weighted by atomic mass is 15.1. The highest BCUT2D eigenvalue weighted by molar-refractivity contribution is 5.38. The maximum atomic E-state index is 5.54. The number of aromatic nitrogens is 2. The lowest BCUT2D eigenvalue weighted by atomic mass is 10.4. The Hall–Kier alpha value is -1.36. The molecular weight excluding hydrogens is 202 g/mol. The van der Waals surface area contributed by atoms with Crippen molar-refractivity contribution in [2.24, 2.45) is 0 Å². The standard InChI is InChI=1S/C11H21N5/c1-3-6-16(4-2)7-5-14-11-9-13-8-10(12)15-11/h8-9H,3-7H2,1-2H3,(H3,12,14,15). The molecule has 0 bridgehead atoms. The number of hydrogen-bond donors (Lipinski definition) is 2. The molecule has 0 aliphatic carbocycles. The number of nitrogens with two attached hydrogens (primary N) is 1. The van der Waals surface area contributed by atoms with Crippen molar-refractivity contribution in [1.82, 2.24) is 14.9 Å². The molecule has 90 valence electrons. The zero-order chi connectivity index (χ0) is 11.8. The lowest BCUT2D eigenvalue weighted by molar-refractivity contribution is 0.300. The lowest BCUT2D eigenvalue weighted by Gasteiger charge is -2.19. The summed E-state index contributed by atoms with van der Waals surface area (Å²) in [5.74, 6) is 1.19. The molecule has 0 spiro atoms. The van der Waals surface area contributed by atoms with Crippen molar-refractivity contribution in [1.29, 1.82) is 0 Å². The third-order valence-electron chi connectivity index (χ3n) is 2.37. The Labute approximate surface area is 97.1 Å². The second-order valence-corrected chi connectivity index (χ2v) is 3.69. The molecule has 0 unspecified atom stereocenters. The number of nitrogens with one attached hydrogen (secondary N) is 1. The number of anilines is 2. The van der Waals surface area contributed by atoms with Gasteiger partial charge in [0.2, 0.25) is 0 Å². The minimum atomic E-state index is 0.450. The van der Waals surface area contributed by atoms with Crippen LogP contribution < -0.4 is 11.1 Å². The summed E-state index contributed by atoms with van der Waals surface area (Å²) in [6, 6.07) is 0. The van der Waals surface area contributed by atoms with E-state index in [1.54, 1.807) is 12.4 Å². The van der Waals surface area contributed by atoms with Gasteiger partial charge in [-0.2, -0.15) is 0 Å².